The zero-order valence-corrected chi connectivity index (χ0v) is 14.5. The van der Waals surface area contributed by atoms with Gasteiger partial charge in [0.2, 0.25) is 11.7 Å². The topological polar surface area (TPSA) is 80.5 Å². The van der Waals surface area contributed by atoms with E-state index < -0.39 is 0 Å². The number of hydrogen-bond acceptors (Lipinski definition) is 4. The first-order valence-electron chi connectivity index (χ1n) is 8.25. The Labute approximate surface area is 146 Å². The van der Waals surface area contributed by atoms with Gasteiger partial charge >= 0.3 is 0 Å². The van der Waals surface area contributed by atoms with Crippen LogP contribution in [0.4, 0.5) is 0 Å². The summed E-state index contributed by atoms with van der Waals surface area (Å²) in [5.74, 6) is 2.36. The van der Waals surface area contributed by atoms with Crippen LogP contribution in [0.2, 0.25) is 5.02 Å². The Morgan fingerprint density at radius 1 is 1.50 bits per heavy atom. The summed E-state index contributed by atoms with van der Waals surface area (Å²) in [6, 6.07) is 7.38. The lowest BCUT2D eigenvalue weighted by Crippen LogP contribution is -2.43. The summed E-state index contributed by atoms with van der Waals surface area (Å²) in [7, 11) is 0. The molecule has 128 valence electrons. The Morgan fingerprint density at radius 2 is 2.38 bits per heavy atom. The second-order valence-electron chi connectivity index (χ2n) is 6.21. The van der Waals surface area contributed by atoms with Crippen molar-refractivity contribution in [2.24, 2.45) is 16.6 Å². The molecule has 3 rings (SSSR count). The average Bonchev–Trinajstić information content (AvgIpc) is 3.04. The van der Waals surface area contributed by atoms with E-state index in [1.165, 1.54) is 12.8 Å². The van der Waals surface area contributed by atoms with Gasteiger partial charge in [-0.15, -0.1) is 0 Å². The highest BCUT2D eigenvalue weighted by molar-refractivity contribution is 6.30. The lowest BCUT2D eigenvalue weighted by atomic mass is 10.0. The highest BCUT2D eigenvalue weighted by Gasteiger charge is 2.17. The fraction of sp³-hybridized carbons (Fsp3) is 0.471. The van der Waals surface area contributed by atoms with E-state index in [2.05, 4.69) is 27.0 Å². The van der Waals surface area contributed by atoms with Gasteiger partial charge in [0, 0.05) is 30.1 Å². The molecular formula is C17H22ClN5O. The van der Waals surface area contributed by atoms with Crippen molar-refractivity contribution in [1.29, 1.82) is 0 Å². The second-order valence-corrected chi connectivity index (χ2v) is 6.64. The SMILES string of the molecule is CC1CCCN(C(N)=NCCc2nc(-c3cccc(Cl)c3)no2)C1. The summed E-state index contributed by atoms with van der Waals surface area (Å²) in [5.41, 5.74) is 6.92. The maximum atomic E-state index is 6.08. The van der Waals surface area contributed by atoms with Gasteiger partial charge in [-0.3, -0.25) is 4.99 Å². The number of halogens is 1. The van der Waals surface area contributed by atoms with Crippen LogP contribution in [0.5, 0.6) is 0 Å². The quantitative estimate of drug-likeness (QED) is 0.679. The van der Waals surface area contributed by atoms with Crippen LogP contribution >= 0.6 is 11.6 Å². The molecule has 24 heavy (non-hydrogen) atoms. The first kappa shape index (κ1) is 16.8. The third-order valence-electron chi connectivity index (χ3n) is 4.13. The van der Waals surface area contributed by atoms with Gasteiger partial charge in [0.25, 0.3) is 0 Å². The predicted molar refractivity (Wildman–Crippen MR) is 94.9 cm³/mol. The molecule has 2 heterocycles. The van der Waals surface area contributed by atoms with Gasteiger partial charge in [-0.2, -0.15) is 4.98 Å². The van der Waals surface area contributed by atoms with E-state index in [0.29, 0.717) is 41.6 Å². The summed E-state index contributed by atoms with van der Waals surface area (Å²) < 4.78 is 5.28. The number of piperidine rings is 1. The fourth-order valence-electron chi connectivity index (χ4n) is 2.86. The average molecular weight is 348 g/mol. The van der Waals surface area contributed by atoms with Crippen molar-refractivity contribution in [3.8, 4) is 11.4 Å². The van der Waals surface area contributed by atoms with E-state index in [1.54, 1.807) is 0 Å². The van der Waals surface area contributed by atoms with Crippen molar-refractivity contribution < 1.29 is 4.52 Å². The van der Waals surface area contributed by atoms with Crippen molar-refractivity contribution in [2.75, 3.05) is 19.6 Å². The number of aliphatic imine (C=N–C) groups is 1. The largest absolute Gasteiger partial charge is 0.370 e. The van der Waals surface area contributed by atoms with Gasteiger partial charge in [0.1, 0.15) is 0 Å². The Hall–Kier alpha value is -2.08. The molecule has 2 N–H and O–H groups in total. The van der Waals surface area contributed by atoms with Crippen molar-refractivity contribution in [2.45, 2.75) is 26.2 Å². The number of rotatable bonds is 4. The van der Waals surface area contributed by atoms with Crippen molar-refractivity contribution in [1.82, 2.24) is 15.0 Å². The van der Waals surface area contributed by atoms with Gasteiger partial charge in [0.15, 0.2) is 5.96 Å². The minimum atomic E-state index is 0.536. The highest BCUT2D eigenvalue weighted by Crippen LogP contribution is 2.20. The molecule has 1 aromatic carbocycles. The normalized spacial score (nSPS) is 18.8. The molecule has 0 radical (unpaired) electrons. The van der Waals surface area contributed by atoms with Gasteiger partial charge < -0.3 is 15.2 Å². The maximum absolute atomic E-state index is 6.08. The Morgan fingerprint density at radius 3 is 3.17 bits per heavy atom. The predicted octanol–water partition coefficient (Wildman–Crippen LogP) is 2.98. The molecule has 1 unspecified atom stereocenters. The van der Waals surface area contributed by atoms with Crippen LogP contribution in [0, 0.1) is 5.92 Å². The van der Waals surface area contributed by atoms with E-state index in [0.717, 1.165) is 18.7 Å². The lowest BCUT2D eigenvalue weighted by molar-refractivity contribution is 0.270. The van der Waals surface area contributed by atoms with Crippen LogP contribution < -0.4 is 5.73 Å². The number of likely N-dealkylation sites (tertiary alicyclic amines) is 1. The van der Waals surface area contributed by atoms with E-state index in [9.17, 15) is 0 Å². The molecule has 1 atom stereocenters. The minimum Gasteiger partial charge on any atom is -0.370 e. The van der Waals surface area contributed by atoms with E-state index in [-0.39, 0.29) is 0 Å². The molecule has 6 nitrogen and oxygen atoms in total. The molecule has 1 fully saturated rings. The fourth-order valence-corrected chi connectivity index (χ4v) is 3.06. The van der Waals surface area contributed by atoms with Crippen LogP contribution in [-0.2, 0) is 6.42 Å². The molecule has 1 aliphatic rings. The number of nitrogens with zero attached hydrogens (tertiary/aromatic N) is 4. The minimum absolute atomic E-state index is 0.536. The van der Waals surface area contributed by atoms with Crippen LogP contribution in [0.3, 0.4) is 0 Å². The van der Waals surface area contributed by atoms with Crippen LogP contribution in [0.15, 0.2) is 33.8 Å². The summed E-state index contributed by atoms with van der Waals surface area (Å²) in [4.78, 5) is 11.0. The molecule has 0 saturated carbocycles. The van der Waals surface area contributed by atoms with Gasteiger partial charge in [0.05, 0.1) is 6.54 Å². The van der Waals surface area contributed by atoms with Crippen molar-refractivity contribution in [3.63, 3.8) is 0 Å². The van der Waals surface area contributed by atoms with E-state index in [4.69, 9.17) is 21.9 Å². The lowest BCUT2D eigenvalue weighted by Gasteiger charge is -2.31. The first-order chi connectivity index (χ1) is 11.6. The molecule has 2 aromatic rings. The summed E-state index contributed by atoms with van der Waals surface area (Å²) in [6.07, 6.45) is 3.00. The van der Waals surface area contributed by atoms with Gasteiger partial charge in [-0.05, 0) is 30.9 Å². The second kappa shape index (κ2) is 7.66. The number of nitrogens with two attached hydrogens (primary N) is 1. The Kier molecular flexibility index (Phi) is 5.35. The number of guanidine groups is 1. The van der Waals surface area contributed by atoms with Crippen LogP contribution in [0.25, 0.3) is 11.4 Å². The third kappa shape index (κ3) is 4.26. The van der Waals surface area contributed by atoms with Crippen molar-refractivity contribution >= 4 is 17.6 Å². The van der Waals surface area contributed by atoms with Gasteiger partial charge in [-0.25, -0.2) is 0 Å². The van der Waals surface area contributed by atoms with Crippen molar-refractivity contribution in [3.05, 3.63) is 35.2 Å². The first-order valence-corrected chi connectivity index (χ1v) is 8.63. The Balaban J connectivity index is 1.56. The molecule has 7 heteroatoms. The molecule has 0 bridgehead atoms. The highest BCUT2D eigenvalue weighted by atomic mass is 35.5. The third-order valence-corrected chi connectivity index (χ3v) is 4.37. The van der Waals surface area contributed by atoms with E-state index in [1.807, 2.05) is 24.3 Å². The van der Waals surface area contributed by atoms with E-state index >= 15 is 0 Å². The molecule has 0 aliphatic carbocycles. The Bertz CT molecular complexity index is 715. The molecule has 0 spiro atoms. The van der Waals surface area contributed by atoms with Crippen LogP contribution in [-0.4, -0.2) is 40.6 Å². The zero-order valence-electron chi connectivity index (χ0n) is 13.8. The zero-order chi connectivity index (χ0) is 16.9. The van der Waals surface area contributed by atoms with Crippen LogP contribution in [0.1, 0.15) is 25.7 Å². The molecule has 1 aliphatic heterocycles. The molecule has 1 saturated heterocycles. The molecular weight excluding hydrogens is 326 g/mol. The smallest absolute Gasteiger partial charge is 0.228 e. The summed E-state index contributed by atoms with van der Waals surface area (Å²) in [5, 5.41) is 4.64. The maximum Gasteiger partial charge on any atom is 0.228 e. The monoisotopic (exact) mass is 347 g/mol. The van der Waals surface area contributed by atoms with Gasteiger partial charge in [-0.1, -0.05) is 35.8 Å². The number of aromatic nitrogens is 2. The molecule has 1 aromatic heterocycles. The standard InChI is InChI=1S/C17H22ClN5O/c1-12-4-3-9-23(11-12)17(19)20-8-7-15-21-16(22-24-15)13-5-2-6-14(18)10-13/h2,5-6,10,12H,3-4,7-9,11H2,1H3,(H2,19,20). The number of hydrogen-bond donors (Lipinski definition) is 1. The summed E-state index contributed by atoms with van der Waals surface area (Å²) >= 11 is 5.98. The number of benzene rings is 1. The summed E-state index contributed by atoms with van der Waals surface area (Å²) in [6.45, 7) is 4.75. The molecule has 0 amide bonds.